The maximum atomic E-state index is 14.1. The van der Waals surface area contributed by atoms with Crippen molar-refractivity contribution >= 4 is 34.5 Å². The number of benzene rings is 1. The van der Waals surface area contributed by atoms with Crippen LogP contribution in [0.2, 0.25) is 0 Å². The van der Waals surface area contributed by atoms with E-state index in [1.165, 1.54) is 0 Å². The number of para-hydroxylation sites is 1. The number of guanidine groups is 1. The summed E-state index contributed by atoms with van der Waals surface area (Å²) in [5.74, 6) is -1.54. The number of fused-ring (bicyclic) bond motifs is 3. The second-order valence-electron chi connectivity index (χ2n) is 6.43. The van der Waals surface area contributed by atoms with Gasteiger partial charge in [0.1, 0.15) is 0 Å². The van der Waals surface area contributed by atoms with E-state index in [2.05, 4.69) is 14.7 Å². The van der Waals surface area contributed by atoms with E-state index in [4.69, 9.17) is 4.74 Å². The van der Waals surface area contributed by atoms with Gasteiger partial charge in [-0.15, -0.1) is 0 Å². The van der Waals surface area contributed by atoms with E-state index in [1.54, 1.807) is 15.9 Å². The number of hydrogen-bond acceptors (Lipinski definition) is 8. The highest BCUT2D eigenvalue weighted by Crippen LogP contribution is 2.48. The van der Waals surface area contributed by atoms with Crippen LogP contribution >= 0.6 is 11.8 Å². The number of aryl methyl sites for hydroxylation is 1. The Morgan fingerprint density at radius 1 is 1.29 bits per heavy atom. The lowest BCUT2D eigenvalue weighted by Gasteiger charge is -2.40. The lowest BCUT2D eigenvalue weighted by Crippen LogP contribution is -2.59. The van der Waals surface area contributed by atoms with Gasteiger partial charge in [0.15, 0.2) is 5.17 Å². The van der Waals surface area contributed by atoms with Crippen molar-refractivity contribution in [3.05, 3.63) is 23.8 Å². The molecule has 0 spiro atoms. The van der Waals surface area contributed by atoms with E-state index in [-0.39, 0.29) is 11.1 Å². The van der Waals surface area contributed by atoms with Gasteiger partial charge in [0.2, 0.25) is 5.96 Å². The summed E-state index contributed by atoms with van der Waals surface area (Å²) >= 11 is 1.08. The second kappa shape index (κ2) is 6.66. The first-order valence-electron chi connectivity index (χ1n) is 8.53. The van der Waals surface area contributed by atoms with Crippen molar-refractivity contribution in [2.24, 2.45) is 9.98 Å². The van der Waals surface area contributed by atoms with Crippen LogP contribution in [0.5, 0.6) is 0 Å². The van der Waals surface area contributed by atoms with Gasteiger partial charge in [-0.3, -0.25) is 4.90 Å². The SMILES string of the molecule is COC(=O)[C@]1(C(F)(F)F)N=C2Sc3cccc(C)c3N2C(N2CCOCC2)=N1. The lowest BCUT2D eigenvalue weighted by atomic mass is 10.1. The Hall–Kier alpha value is -2.27. The standard InChI is InChI=1S/C17H17F3N4O3S/c1-10-4-3-5-11-12(10)24-14(23-6-8-27-9-7-23)21-16(13(25)26-2,17(18,19)20)22-15(24)28-11/h3-5H,6-9H2,1-2H3/t16-/m1/s1. The number of amidine groups is 1. The Kier molecular flexibility index (Phi) is 4.53. The van der Waals surface area contributed by atoms with Crippen LogP contribution in [0.4, 0.5) is 18.9 Å². The van der Waals surface area contributed by atoms with E-state index in [0.717, 1.165) is 35.0 Å². The quantitative estimate of drug-likeness (QED) is 0.658. The molecule has 1 saturated heterocycles. The molecule has 1 fully saturated rings. The predicted octanol–water partition coefficient (Wildman–Crippen LogP) is 2.40. The lowest BCUT2D eigenvalue weighted by molar-refractivity contribution is -0.201. The van der Waals surface area contributed by atoms with Crippen molar-refractivity contribution in [1.82, 2.24) is 4.90 Å². The largest absolute Gasteiger partial charge is 0.465 e. The first-order valence-corrected chi connectivity index (χ1v) is 9.35. The van der Waals surface area contributed by atoms with Crippen LogP contribution < -0.4 is 4.90 Å². The minimum atomic E-state index is -5.05. The summed E-state index contributed by atoms with van der Waals surface area (Å²) in [5, 5.41) is 0.0449. The number of ether oxygens (including phenoxy) is 2. The topological polar surface area (TPSA) is 66.7 Å². The van der Waals surface area contributed by atoms with Gasteiger partial charge in [-0.2, -0.15) is 13.2 Å². The number of anilines is 1. The molecule has 11 heteroatoms. The molecule has 0 unspecified atom stereocenters. The fourth-order valence-corrected chi connectivity index (χ4v) is 4.44. The van der Waals surface area contributed by atoms with Crippen molar-refractivity contribution in [1.29, 1.82) is 0 Å². The van der Waals surface area contributed by atoms with Gasteiger partial charge in [0.05, 0.1) is 26.0 Å². The van der Waals surface area contributed by atoms with Crippen molar-refractivity contribution < 1.29 is 27.4 Å². The number of morpholine rings is 1. The molecule has 0 radical (unpaired) electrons. The summed E-state index contributed by atoms with van der Waals surface area (Å²) in [6, 6.07) is 5.49. The molecule has 0 N–H and O–H groups in total. The highest BCUT2D eigenvalue weighted by molar-refractivity contribution is 8.15. The highest BCUT2D eigenvalue weighted by Gasteiger charge is 2.66. The fraction of sp³-hybridized carbons (Fsp3) is 0.471. The van der Waals surface area contributed by atoms with Crippen LogP contribution in [0.25, 0.3) is 0 Å². The van der Waals surface area contributed by atoms with Gasteiger partial charge in [-0.25, -0.2) is 14.8 Å². The number of carbonyl (C=O) groups is 1. The van der Waals surface area contributed by atoms with Gasteiger partial charge < -0.3 is 14.4 Å². The third-order valence-electron chi connectivity index (χ3n) is 4.70. The number of hydrogen-bond donors (Lipinski definition) is 0. The number of nitrogens with zero attached hydrogens (tertiary/aromatic N) is 4. The van der Waals surface area contributed by atoms with Gasteiger partial charge in [0.25, 0.3) is 0 Å². The first-order chi connectivity index (χ1) is 13.3. The number of aliphatic imine (C=N–C) groups is 2. The van der Waals surface area contributed by atoms with E-state index in [9.17, 15) is 18.0 Å². The summed E-state index contributed by atoms with van der Waals surface area (Å²) in [5.41, 5.74) is -1.74. The minimum Gasteiger partial charge on any atom is -0.465 e. The highest BCUT2D eigenvalue weighted by atomic mass is 32.2. The average molecular weight is 414 g/mol. The molecule has 28 heavy (non-hydrogen) atoms. The number of thioether (sulfide) groups is 1. The smallest absolute Gasteiger partial charge is 0.446 e. The summed E-state index contributed by atoms with van der Waals surface area (Å²) < 4.78 is 51.9. The second-order valence-corrected chi connectivity index (χ2v) is 7.44. The molecule has 3 aliphatic rings. The maximum absolute atomic E-state index is 14.1. The van der Waals surface area contributed by atoms with Crippen molar-refractivity contribution in [3.63, 3.8) is 0 Å². The Bertz CT molecular complexity index is 883. The molecular formula is C17H17F3N4O3S. The monoisotopic (exact) mass is 414 g/mol. The third kappa shape index (κ3) is 2.75. The normalized spacial score (nSPS) is 24.3. The molecule has 1 aromatic carbocycles. The molecule has 1 aromatic rings. The van der Waals surface area contributed by atoms with Crippen LogP contribution in [-0.4, -0.2) is 67.2 Å². The van der Waals surface area contributed by atoms with Crippen LogP contribution in [0, 0.1) is 6.92 Å². The molecule has 0 bridgehead atoms. The Balaban J connectivity index is 1.93. The fourth-order valence-electron chi connectivity index (χ4n) is 3.31. The predicted molar refractivity (Wildman–Crippen MR) is 97.6 cm³/mol. The number of alkyl halides is 3. The molecule has 7 nitrogen and oxygen atoms in total. The van der Waals surface area contributed by atoms with E-state index >= 15 is 0 Å². The molecular weight excluding hydrogens is 397 g/mol. The maximum Gasteiger partial charge on any atom is 0.446 e. The Morgan fingerprint density at radius 2 is 2.00 bits per heavy atom. The van der Waals surface area contributed by atoms with Gasteiger partial charge in [0, 0.05) is 18.0 Å². The zero-order chi connectivity index (χ0) is 20.1. The molecule has 3 aliphatic heterocycles. The molecule has 0 aromatic heterocycles. The molecule has 0 saturated carbocycles. The van der Waals surface area contributed by atoms with Crippen LogP contribution in [0.15, 0.2) is 33.1 Å². The zero-order valence-electron chi connectivity index (χ0n) is 15.1. The Labute approximate surface area is 163 Å². The summed E-state index contributed by atoms with van der Waals surface area (Å²) in [6.07, 6.45) is -5.05. The summed E-state index contributed by atoms with van der Waals surface area (Å²) in [7, 11) is 0.896. The molecule has 150 valence electrons. The average Bonchev–Trinajstić information content (AvgIpc) is 3.05. The van der Waals surface area contributed by atoms with E-state index < -0.39 is 17.8 Å². The zero-order valence-corrected chi connectivity index (χ0v) is 15.9. The number of carbonyl (C=O) groups excluding carboxylic acids is 1. The van der Waals surface area contributed by atoms with Crippen LogP contribution in [-0.2, 0) is 14.3 Å². The summed E-state index contributed by atoms with van der Waals surface area (Å²) in [4.78, 5) is 23.9. The molecule has 0 amide bonds. The number of methoxy groups -OCH3 is 1. The molecule has 4 rings (SSSR count). The van der Waals surface area contributed by atoms with Gasteiger partial charge in [-0.05, 0) is 30.3 Å². The molecule has 1 atom stereocenters. The van der Waals surface area contributed by atoms with Crippen molar-refractivity contribution in [2.45, 2.75) is 23.7 Å². The van der Waals surface area contributed by atoms with Crippen LogP contribution in [0.3, 0.4) is 0 Å². The molecule has 0 aliphatic carbocycles. The van der Waals surface area contributed by atoms with E-state index in [1.807, 2.05) is 19.1 Å². The van der Waals surface area contributed by atoms with E-state index in [0.29, 0.717) is 26.3 Å². The number of esters is 1. The number of halogens is 3. The number of rotatable bonds is 1. The van der Waals surface area contributed by atoms with Gasteiger partial charge in [-0.1, -0.05) is 12.1 Å². The van der Waals surface area contributed by atoms with Crippen LogP contribution in [0.1, 0.15) is 5.56 Å². The summed E-state index contributed by atoms with van der Waals surface area (Å²) in [6.45, 7) is 3.27. The third-order valence-corrected chi connectivity index (χ3v) is 5.70. The molecule has 3 heterocycles. The Morgan fingerprint density at radius 3 is 2.64 bits per heavy atom. The first kappa shape index (κ1) is 19.1. The van der Waals surface area contributed by atoms with Crippen molar-refractivity contribution in [2.75, 3.05) is 38.3 Å². The van der Waals surface area contributed by atoms with Gasteiger partial charge >= 0.3 is 17.8 Å². The van der Waals surface area contributed by atoms with Crippen molar-refractivity contribution in [3.8, 4) is 0 Å². The minimum absolute atomic E-state index is 0.0246.